The number of carbonyl (C=O) groups excluding carboxylic acids is 1. The van der Waals surface area contributed by atoms with Crippen molar-refractivity contribution in [2.24, 2.45) is 11.1 Å². The van der Waals surface area contributed by atoms with Crippen LogP contribution in [0.4, 0.5) is 0 Å². The maximum Gasteiger partial charge on any atom is 0.144 e. The van der Waals surface area contributed by atoms with Gasteiger partial charge in [0.15, 0.2) is 0 Å². The van der Waals surface area contributed by atoms with Gasteiger partial charge in [0.1, 0.15) is 5.78 Å². The number of hydrogen-bond acceptors (Lipinski definition) is 3. The standard InChI is InChI=1S/C12H19N3O/c1-2-15-8-10(7-14-15)6-11(16)12(9-13)4-3-5-12/h7-8H,2-6,9,13H2,1H3. The Morgan fingerprint density at radius 1 is 1.62 bits per heavy atom. The van der Waals surface area contributed by atoms with Crippen LogP contribution in [0.5, 0.6) is 0 Å². The molecule has 0 atom stereocenters. The normalized spacial score (nSPS) is 18.1. The number of aryl methyl sites for hydroxylation is 1. The summed E-state index contributed by atoms with van der Waals surface area (Å²) in [4.78, 5) is 12.1. The lowest BCUT2D eigenvalue weighted by Gasteiger charge is -2.39. The predicted octanol–water partition coefficient (Wildman–Crippen LogP) is 1.14. The van der Waals surface area contributed by atoms with E-state index in [-0.39, 0.29) is 11.2 Å². The molecule has 4 nitrogen and oxygen atoms in total. The van der Waals surface area contributed by atoms with Gasteiger partial charge in [-0.15, -0.1) is 0 Å². The smallest absolute Gasteiger partial charge is 0.144 e. The van der Waals surface area contributed by atoms with Gasteiger partial charge in [0.25, 0.3) is 0 Å². The van der Waals surface area contributed by atoms with Gasteiger partial charge in [-0.1, -0.05) is 6.42 Å². The van der Waals surface area contributed by atoms with Crippen molar-refractivity contribution in [3.63, 3.8) is 0 Å². The second kappa shape index (κ2) is 4.37. The first-order chi connectivity index (χ1) is 7.70. The summed E-state index contributed by atoms with van der Waals surface area (Å²) in [5, 5.41) is 4.17. The Morgan fingerprint density at radius 3 is 2.81 bits per heavy atom. The molecule has 1 aliphatic carbocycles. The third-order valence-electron chi connectivity index (χ3n) is 3.67. The van der Waals surface area contributed by atoms with E-state index in [1.54, 1.807) is 6.20 Å². The van der Waals surface area contributed by atoms with Gasteiger partial charge in [0.2, 0.25) is 0 Å². The highest BCUT2D eigenvalue weighted by atomic mass is 16.1. The van der Waals surface area contributed by atoms with E-state index in [4.69, 9.17) is 5.73 Å². The van der Waals surface area contributed by atoms with Crippen molar-refractivity contribution in [3.05, 3.63) is 18.0 Å². The van der Waals surface area contributed by atoms with Gasteiger partial charge in [-0.25, -0.2) is 0 Å². The molecular formula is C12H19N3O. The summed E-state index contributed by atoms with van der Waals surface area (Å²) >= 11 is 0. The first kappa shape index (κ1) is 11.3. The average molecular weight is 221 g/mol. The Hall–Kier alpha value is -1.16. The van der Waals surface area contributed by atoms with Crippen LogP contribution in [0.2, 0.25) is 0 Å². The van der Waals surface area contributed by atoms with Crippen LogP contribution in [-0.4, -0.2) is 22.1 Å². The van der Waals surface area contributed by atoms with Crippen molar-refractivity contribution in [2.75, 3.05) is 6.54 Å². The summed E-state index contributed by atoms with van der Waals surface area (Å²) in [5.74, 6) is 0.289. The number of nitrogens with zero attached hydrogens (tertiary/aromatic N) is 2. The van der Waals surface area contributed by atoms with E-state index < -0.39 is 0 Å². The molecule has 1 aliphatic rings. The van der Waals surface area contributed by atoms with Gasteiger partial charge in [0.05, 0.1) is 6.20 Å². The molecule has 0 aliphatic heterocycles. The Morgan fingerprint density at radius 2 is 2.38 bits per heavy atom. The minimum Gasteiger partial charge on any atom is -0.329 e. The van der Waals surface area contributed by atoms with Crippen LogP contribution in [0.25, 0.3) is 0 Å². The highest BCUT2D eigenvalue weighted by Crippen LogP contribution is 2.41. The molecule has 1 heterocycles. The molecule has 16 heavy (non-hydrogen) atoms. The van der Waals surface area contributed by atoms with Crippen LogP contribution in [0.15, 0.2) is 12.4 Å². The zero-order valence-electron chi connectivity index (χ0n) is 9.78. The minimum absolute atomic E-state index is 0.214. The molecule has 1 aromatic heterocycles. The first-order valence-electron chi connectivity index (χ1n) is 5.95. The minimum atomic E-state index is -0.214. The van der Waals surface area contributed by atoms with Gasteiger partial charge in [0, 0.05) is 31.1 Å². The number of aromatic nitrogens is 2. The molecule has 4 heteroatoms. The van der Waals surface area contributed by atoms with Crippen molar-refractivity contribution >= 4 is 5.78 Å². The summed E-state index contributed by atoms with van der Waals surface area (Å²) in [6.07, 6.45) is 7.27. The maximum atomic E-state index is 12.1. The molecule has 1 aromatic rings. The van der Waals surface area contributed by atoms with Gasteiger partial charge < -0.3 is 5.73 Å². The molecule has 0 spiro atoms. The van der Waals surface area contributed by atoms with Crippen LogP contribution >= 0.6 is 0 Å². The first-order valence-corrected chi connectivity index (χ1v) is 5.95. The summed E-state index contributed by atoms with van der Waals surface area (Å²) < 4.78 is 1.85. The van der Waals surface area contributed by atoms with E-state index in [2.05, 4.69) is 5.10 Å². The molecule has 1 fully saturated rings. The summed E-state index contributed by atoms with van der Waals surface area (Å²) in [5.41, 5.74) is 6.51. The lowest BCUT2D eigenvalue weighted by atomic mass is 9.65. The monoisotopic (exact) mass is 221 g/mol. The number of hydrogen-bond donors (Lipinski definition) is 1. The topological polar surface area (TPSA) is 60.9 Å². The van der Waals surface area contributed by atoms with Crippen LogP contribution in [-0.2, 0) is 17.8 Å². The molecule has 0 aromatic carbocycles. The average Bonchev–Trinajstić information content (AvgIpc) is 2.64. The summed E-state index contributed by atoms with van der Waals surface area (Å²) in [7, 11) is 0. The van der Waals surface area contributed by atoms with Crippen LogP contribution in [0.1, 0.15) is 31.7 Å². The molecule has 1 saturated carbocycles. The number of ketones is 1. The van der Waals surface area contributed by atoms with E-state index in [0.29, 0.717) is 13.0 Å². The van der Waals surface area contributed by atoms with Gasteiger partial charge in [-0.3, -0.25) is 9.48 Å². The van der Waals surface area contributed by atoms with E-state index in [9.17, 15) is 4.79 Å². The predicted molar refractivity (Wildman–Crippen MR) is 62.0 cm³/mol. The molecule has 88 valence electrons. The van der Waals surface area contributed by atoms with E-state index in [1.165, 1.54) is 0 Å². The van der Waals surface area contributed by atoms with Crippen LogP contribution in [0.3, 0.4) is 0 Å². The Balaban J connectivity index is 2.01. The highest BCUT2D eigenvalue weighted by molar-refractivity contribution is 5.87. The molecule has 0 bridgehead atoms. The summed E-state index contributed by atoms with van der Waals surface area (Å²) in [6, 6.07) is 0. The second-order valence-electron chi connectivity index (χ2n) is 4.64. The lowest BCUT2D eigenvalue weighted by molar-refractivity contribution is -0.132. The number of nitrogens with two attached hydrogens (primary N) is 1. The van der Waals surface area contributed by atoms with Crippen LogP contribution < -0.4 is 5.73 Å². The molecule has 2 rings (SSSR count). The van der Waals surface area contributed by atoms with Gasteiger partial charge in [-0.05, 0) is 25.3 Å². The molecule has 2 N–H and O–H groups in total. The third kappa shape index (κ3) is 1.89. The van der Waals surface area contributed by atoms with Crippen molar-refractivity contribution < 1.29 is 4.79 Å². The van der Waals surface area contributed by atoms with Crippen molar-refractivity contribution in [1.82, 2.24) is 9.78 Å². The van der Waals surface area contributed by atoms with Crippen molar-refractivity contribution in [1.29, 1.82) is 0 Å². The molecule has 0 saturated heterocycles. The van der Waals surface area contributed by atoms with E-state index in [1.807, 2.05) is 17.8 Å². The Labute approximate surface area is 95.8 Å². The molecular weight excluding hydrogens is 202 g/mol. The number of Topliss-reactive ketones (excluding diaryl/α,β-unsaturated/α-hetero) is 1. The number of carbonyl (C=O) groups is 1. The lowest BCUT2D eigenvalue weighted by Crippen LogP contribution is -2.45. The fourth-order valence-electron chi connectivity index (χ4n) is 2.24. The quantitative estimate of drug-likeness (QED) is 0.811. The summed E-state index contributed by atoms with van der Waals surface area (Å²) in [6.45, 7) is 3.37. The van der Waals surface area contributed by atoms with Gasteiger partial charge in [-0.2, -0.15) is 5.10 Å². The molecule has 0 unspecified atom stereocenters. The fraction of sp³-hybridized carbons (Fsp3) is 0.667. The fourth-order valence-corrected chi connectivity index (χ4v) is 2.24. The largest absolute Gasteiger partial charge is 0.329 e. The molecule has 0 amide bonds. The number of rotatable bonds is 5. The third-order valence-corrected chi connectivity index (χ3v) is 3.67. The maximum absolute atomic E-state index is 12.1. The molecule has 0 radical (unpaired) electrons. The SMILES string of the molecule is CCn1cc(CC(=O)C2(CN)CCC2)cn1. The second-order valence-corrected chi connectivity index (χ2v) is 4.64. The van der Waals surface area contributed by atoms with Gasteiger partial charge >= 0.3 is 0 Å². The zero-order chi connectivity index (χ0) is 11.6. The Bertz CT molecular complexity index is 374. The van der Waals surface area contributed by atoms with Crippen molar-refractivity contribution in [2.45, 2.75) is 39.2 Å². The van der Waals surface area contributed by atoms with E-state index >= 15 is 0 Å². The van der Waals surface area contributed by atoms with Crippen LogP contribution in [0, 0.1) is 5.41 Å². The zero-order valence-corrected chi connectivity index (χ0v) is 9.78. The van der Waals surface area contributed by atoms with Crippen molar-refractivity contribution in [3.8, 4) is 0 Å². The Kier molecular flexibility index (Phi) is 3.10. The highest BCUT2D eigenvalue weighted by Gasteiger charge is 2.42. The van der Waals surface area contributed by atoms with E-state index in [0.717, 1.165) is 31.4 Å².